The van der Waals surface area contributed by atoms with Crippen LogP contribution in [0.4, 0.5) is 4.39 Å². The lowest BCUT2D eigenvalue weighted by molar-refractivity contribution is 0.596. The van der Waals surface area contributed by atoms with Crippen LogP contribution >= 0.6 is 15.9 Å². The predicted molar refractivity (Wildman–Crippen MR) is 71.2 cm³/mol. The fraction of sp³-hybridized carbons (Fsp3) is 0.250. The molecule has 4 nitrogen and oxygen atoms in total. The van der Waals surface area contributed by atoms with E-state index < -0.39 is 0 Å². The third-order valence-electron chi connectivity index (χ3n) is 2.77. The quantitative estimate of drug-likeness (QED) is 0.673. The molecule has 6 heteroatoms. The minimum atomic E-state index is -0.310. The van der Waals surface area contributed by atoms with E-state index in [1.54, 1.807) is 16.9 Å². The molecule has 1 unspecified atom stereocenters. The lowest BCUT2D eigenvalue weighted by Gasteiger charge is -2.16. The molecule has 0 bridgehead atoms. The van der Waals surface area contributed by atoms with Gasteiger partial charge in [0, 0.05) is 18.3 Å². The van der Waals surface area contributed by atoms with Crippen LogP contribution in [-0.2, 0) is 6.54 Å². The highest BCUT2D eigenvalue weighted by Gasteiger charge is 2.18. The highest BCUT2D eigenvalue weighted by molar-refractivity contribution is 9.10. The lowest BCUT2D eigenvalue weighted by Crippen LogP contribution is -2.29. The number of hydrazine groups is 1. The normalized spacial score (nSPS) is 12.7. The van der Waals surface area contributed by atoms with Crippen LogP contribution in [0.2, 0.25) is 0 Å². The topological polar surface area (TPSA) is 55.9 Å². The third kappa shape index (κ3) is 2.45. The van der Waals surface area contributed by atoms with E-state index in [4.69, 9.17) is 5.84 Å². The van der Waals surface area contributed by atoms with Crippen molar-refractivity contribution in [2.45, 2.75) is 19.5 Å². The van der Waals surface area contributed by atoms with E-state index in [-0.39, 0.29) is 11.9 Å². The van der Waals surface area contributed by atoms with Crippen molar-refractivity contribution in [1.29, 1.82) is 0 Å². The maximum atomic E-state index is 13.5. The molecule has 1 aromatic carbocycles. The average molecular weight is 313 g/mol. The van der Waals surface area contributed by atoms with E-state index in [0.717, 1.165) is 17.7 Å². The zero-order valence-electron chi connectivity index (χ0n) is 9.90. The van der Waals surface area contributed by atoms with Gasteiger partial charge in [0.2, 0.25) is 0 Å². The van der Waals surface area contributed by atoms with Gasteiger partial charge in [-0.15, -0.1) is 0 Å². The smallest absolute Gasteiger partial charge is 0.137 e. The maximum absolute atomic E-state index is 13.5. The van der Waals surface area contributed by atoms with Crippen molar-refractivity contribution in [2.24, 2.45) is 5.84 Å². The molecule has 0 spiro atoms. The zero-order chi connectivity index (χ0) is 13.1. The van der Waals surface area contributed by atoms with Crippen molar-refractivity contribution in [3.8, 4) is 0 Å². The molecule has 1 aromatic heterocycles. The Bertz CT molecular complexity index is 541. The highest BCUT2D eigenvalue weighted by Crippen LogP contribution is 2.29. The number of hydrogen-bond acceptors (Lipinski definition) is 3. The first-order valence-corrected chi connectivity index (χ1v) is 6.39. The summed E-state index contributed by atoms with van der Waals surface area (Å²) in [7, 11) is 0. The monoisotopic (exact) mass is 312 g/mol. The van der Waals surface area contributed by atoms with Gasteiger partial charge in [-0.05, 0) is 34.5 Å². The summed E-state index contributed by atoms with van der Waals surface area (Å²) in [5.74, 6) is 5.27. The summed E-state index contributed by atoms with van der Waals surface area (Å²) in [6, 6.07) is 4.58. The Labute approximate surface area is 113 Å². The van der Waals surface area contributed by atoms with Crippen molar-refractivity contribution >= 4 is 15.9 Å². The Kier molecular flexibility index (Phi) is 4.11. The number of aryl methyl sites for hydroxylation is 1. The van der Waals surface area contributed by atoms with E-state index in [1.165, 1.54) is 6.07 Å². The molecule has 0 aliphatic carbocycles. The van der Waals surface area contributed by atoms with Gasteiger partial charge >= 0.3 is 0 Å². The Morgan fingerprint density at radius 3 is 2.94 bits per heavy atom. The molecule has 0 saturated heterocycles. The highest BCUT2D eigenvalue weighted by atomic mass is 79.9. The number of nitrogens with one attached hydrogen (secondary N) is 1. The first-order valence-electron chi connectivity index (χ1n) is 5.59. The molecule has 0 aliphatic heterocycles. The second-order valence-electron chi connectivity index (χ2n) is 3.87. The number of nitrogens with zero attached hydrogens (tertiary/aromatic N) is 2. The molecular weight excluding hydrogens is 299 g/mol. The summed E-state index contributed by atoms with van der Waals surface area (Å²) in [4.78, 5) is 0. The van der Waals surface area contributed by atoms with E-state index in [0.29, 0.717) is 4.47 Å². The molecule has 0 aliphatic rings. The molecular formula is C12H14BrFN4. The molecule has 0 radical (unpaired) electrons. The summed E-state index contributed by atoms with van der Waals surface area (Å²) in [6.07, 6.45) is 3.62. The Morgan fingerprint density at radius 1 is 1.56 bits per heavy atom. The minimum Gasteiger partial charge on any atom is -0.273 e. The molecule has 0 saturated carbocycles. The Morgan fingerprint density at radius 2 is 2.33 bits per heavy atom. The first-order chi connectivity index (χ1) is 8.67. The van der Waals surface area contributed by atoms with Gasteiger partial charge in [-0.3, -0.25) is 10.5 Å². The minimum absolute atomic E-state index is 0.296. The summed E-state index contributed by atoms with van der Waals surface area (Å²) in [6.45, 7) is 2.78. The average Bonchev–Trinajstić information content (AvgIpc) is 2.84. The van der Waals surface area contributed by atoms with Crippen molar-refractivity contribution in [3.05, 3.63) is 52.0 Å². The molecule has 0 amide bonds. The largest absolute Gasteiger partial charge is 0.273 e. The lowest BCUT2D eigenvalue weighted by atomic mass is 10.0. The second kappa shape index (κ2) is 5.60. The Hall–Kier alpha value is -1.24. The van der Waals surface area contributed by atoms with Gasteiger partial charge in [0.05, 0.1) is 16.7 Å². The van der Waals surface area contributed by atoms with Gasteiger partial charge in [0.25, 0.3) is 0 Å². The standard InChI is InChI=1S/C12H14BrFN4/c1-2-18-7-8(6-16-18)12(17-15)9-4-3-5-10(14)11(9)13/h3-7,12,17H,2,15H2,1H3. The van der Waals surface area contributed by atoms with E-state index >= 15 is 0 Å². The van der Waals surface area contributed by atoms with Crippen LogP contribution in [0.5, 0.6) is 0 Å². The Balaban J connectivity index is 2.41. The number of halogens is 2. The van der Waals surface area contributed by atoms with Gasteiger partial charge in [-0.2, -0.15) is 5.10 Å². The van der Waals surface area contributed by atoms with Gasteiger partial charge in [0.15, 0.2) is 0 Å². The SMILES string of the molecule is CCn1cc(C(NN)c2cccc(F)c2Br)cn1. The molecule has 1 heterocycles. The number of aromatic nitrogens is 2. The molecule has 0 fully saturated rings. The molecule has 18 heavy (non-hydrogen) atoms. The summed E-state index contributed by atoms with van der Waals surface area (Å²) in [5, 5.41) is 4.19. The van der Waals surface area contributed by atoms with Gasteiger partial charge in [-0.25, -0.2) is 9.82 Å². The van der Waals surface area contributed by atoms with Gasteiger partial charge in [-0.1, -0.05) is 12.1 Å². The maximum Gasteiger partial charge on any atom is 0.137 e. The zero-order valence-corrected chi connectivity index (χ0v) is 11.5. The van der Waals surface area contributed by atoms with Crippen LogP contribution in [0.15, 0.2) is 35.1 Å². The summed E-state index contributed by atoms with van der Waals surface area (Å²) in [5.41, 5.74) is 4.33. The van der Waals surface area contributed by atoms with Crippen LogP contribution in [0, 0.1) is 5.82 Å². The second-order valence-corrected chi connectivity index (χ2v) is 4.67. The molecule has 3 N–H and O–H groups in total. The summed E-state index contributed by atoms with van der Waals surface area (Å²) < 4.78 is 15.7. The van der Waals surface area contributed by atoms with Crippen molar-refractivity contribution in [1.82, 2.24) is 15.2 Å². The van der Waals surface area contributed by atoms with E-state index in [2.05, 4.69) is 26.5 Å². The molecule has 96 valence electrons. The fourth-order valence-corrected chi connectivity index (χ4v) is 2.30. The van der Waals surface area contributed by atoms with Gasteiger partial charge < -0.3 is 0 Å². The third-order valence-corrected chi connectivity index (χ3v) is 3.61. The van der Waals surface area contributed by atoms with E-state index in [9.17, 15) is 4.39 Å². The number of benzene rings is 1. The fourth-order valence-electron chi connectivity index (χ4n) is 1.81. The molecule has 1 atom stereocenters. The van der Waals surface area contributed by atoms with Crippen molar-refractivity contribution in [2.75, 3.05) is 0 Å². The molecule has 2 aromatic rings. The first kappa shape index (κ1) is 13.2. The summed E-state index contributed by atoms with van der Waals surface area (Å²) >= 11 is 3.25. The number of rotatable bonds is 4. The van der Waals surface area contributed by atoms with Crippen LogP contribution in [0.1, 0.15) is 24.1 Å². The van der Waals surface area contributed by atoms with Crippen molar-refractivity contribution < 1.29 is 4.39 Å². The van der Waals surface area contributed by atoms with Crippen LogP contribution in [0.3, 0.4) is 0 Å². The van der Waals surface area contributed by atoms with Crippen LogP contribution in [-0.4, -0.2) is 9.78 Å². The van der Waals surface area contributed by atoms with Crippen LogP contribution in [0.25, 0.3) is 0 Å². The number of hydrogen-bond donors (Lipinski definition) is 2. The van der Waals surface area contributed by atoms with Crippen LogP contribution < -0.4 is 11.3 Å². The molecule has 2 rings (SSSR count). The number of nitrogens with two attached hydrogens (primary N) is 1. The predicted octanol–water partition coefficient (Wildman–Crippen LogP) is 2.36. The van der Waals surface area contributed by atoms with E-state index in [1.807, 2.05) is 19.2 Å². The van der Waals surface area contributed by atoms with Crippen molar-refractivity contribution in [3.63, 3.8) is 0 Å². The van der Waals surface area contributed by atoms with Gasteiger partial charge in [0.1, 0.15) is 5.82 Å².